The lowest BCUT2D eigenvalue weighted by Crippen LogP contribution is -2.35. The molecule has 0 spiro atoms. The topological polar surface area (TPSA) is 132 Å². The molecule has 3 fully saturated rings. The predicted octanol–water partition coefficient (Wildman–Crippen LogP) is 8.67. The van der Waals surface area contributed by atoms with Crippen LogP contribution in [0.25, 0.3) is 33.9 Å². The fraction of sp³-hybridized carbons (Fsp3) is 0.396. The number of carboxylic acid groups (broad SMARTS) is 1. The minimum Gasteiger partial charge on any atom is -0.481 e. The highest BCUT2D eigenvalue weighted by atomic mass is 19.1. The summed E-state index contributed by atoms with van der Waals surface area (Å²) in [6, 6.07) is 18.3. The number of hydrogen-bond donors (Lipinski definition) is 4. The Bertz CT molecular complexity index is 2480. The fourth-order valence-corrected chi connectivity index (χ4v) is 10.2. The van der Waals surface area contributed by atoms with Crippen LogP contribution in [0.15, 0.2) is 73.2 Å². The van der Waals surface area contributed by atoms with Crippen LogP contribution < -0.4 is 16.0 Å². The number of carboxylic acids is 1. The lowest BCUT2D eigenvalue weighted by atomic mass is 9.80. The van der Waals surface area contributed by atoms with Crippen molar-refractivity contribution in [2.75, 3.05) is 25.0 Å². The van der Waals surface area contributed by atoms with E-state index in [1.807, 2.05) is 55.7 Å². The number of rotatable bonds is 13. The number of anilines is 2. The van der Waals surface area contributed by atoms with Crippen LogP contribution in [-0.2, 0) is 29.1 Å². The van der Waals surface area contributed by atoms with Gasteiger partial charge in [-0.2, -0.15) is 0 Å². The summed E-state index contributed by atoms with van der Waals surface area (Å²) in [5.41, 5.74) is 9.96. The van der Waals surface area contributed by atoms with Crippen molar-refractivity contribution in [3.05, 3.63) is 112 Å². The van der Waals surface area contributed by atoms with Gasteiger partial charge in [0.1, 0.15) is 11.3 Å². The Hall–Kier alpha value is -5.52. The zero-order valence-electron chi connectivity index (χ0n) is 33.9. The van der Waals surface area contributed by atoms with E-state index in [2.05, 4.69) is 55.9 Å². The van der Waals surface area contributed by atoms with Crippen LogP contribution in [0.3, 0.4) is 0 Å². The minimum atomic E-state index is -0.605. The maximum absolute atomic E-state index is 16.0. The molecule has 0 radical (unpaired) electrons. The Morgan fingerprint density at radius 3 is 2.58 bits per heavy atom. The first kappa shape index (κ1) is 39.0. The lowest BCUT2D eigenvalue weighted by molar-refractivity contribution is -0.148. The maximum Gasteiger partial charge on any atom is 0.309 e. The van der Waals surface area contributed by atoms with Gasteiger partial charge in [-0.3, -0.25) is 24.5 Å². The summed E-state index contributed by atoms with van der Waals surface area (Å²) in [5, 5.41) is 20.8. The van der Waals surface area contributed by atoms with Crippen molar-refractivity contribution in [3.8, 4) is 11.1 Å². The molecule has 10 nitrogen and oxygen atoms in total. The molecule has 9 rings (SSSR count). The van der Waals surface area contributed by atoms with E-state index in [1.54, 1.807) is 12.3 Å². The molecule has 4 N–H and O–H groups in total. The highest BCUT2D eigenvalue weighted by Gasteiger charge is 2.57. The molecule has 1 amide bonds. The number of fused-ring (bicyclic) bond motifs is 4. The summed E-state index contributed by atoms with van der Waals surface area (Å²) in [6.07, 6.45) is 15.0. The van der Waals surface area contributed by atoms with Crippen molar-refractivity contribution in [3.63, 3.8) is 0 Å². The molecule has 2 aliphatic heterocycles. The average molecular weight is 794 g/mol. The number of benzene rings is 2. The molecule has 3 aromatic heterocycles. The number of aliphatic carboxylic acids is 1. The van der Waals surface area contributed by atoms with Crippen LogP contribution in [0, 0.1) is 24.7 Å². The standard InChI is InChI=1S/C48H52FN7O3/c1-30-33(22-40(49)42-23-34-12-19-56(28-36(34)26-52-42)20-17-47-13-15-48(29-47,16-14-47)46(58)59)5-3-6-38(30)39-7-4-8-41(31(39)2)55-45-44-35(11-18-51-45)21-32(25-53-44)24-50-27-37-9-10-43(57)54-37/h3-8,11,18,21-23,25-26,37,50H,9-10,12-17,19-20,24,27-29H2,1-2H3,(H,51,55)(H,54,57)(H,58,59)/b40-22-/t37-,47?,48?/m0/s1. The summed E-state index contributed by atoms with van der Waals surface area (Å²) in [6.45, 7) is 8.16. The highest BCUT2D eigenvalue weighted by Crippen LogP contribution is 2.63. The van der Waals surface area contributed by atoms with Crippen LogP contribution in [-0.4, -0.2) is 62.5 Å². The van der Waals surface area contributed by atoms with Crippen molar-refractivity contribution in [1.29, 1.82) is 0 Å². The molecule has 1 atom stereocenters. The minimum absolute atomic E-state index is 0.120. The van der Waals surface area contributed by atoms with E-state index in [9.17, 15) is 14.7 Å². The third-order valence-corrected chi connectivity index (χ3v) is 13.8. The summed E-state index contributed by atoms with van der Waals surface area (Å²) in [7, 11) is 0. The van der Waals surface area contributed by atoms with Crippen molar-refractivity contribution in [2.45, 2.75) is 90.8 Å². The van der Waals surface area contributed by atoms with E-state index in [0.717, 1.165) is 139 Å². The largest absolute Gasteiger partial charge is 0.481 e. The third kappa shape index (κ3) is 7.85. The van der Waals surface area contributed by atoms with Gasteiger partial charge in [-0.1, -0.05) is 30.3 Å². The van der Waals surface area contributed by atoms with Gasteiger partial charge < -0.3 is 21.1 Å². The Morgan fingerprint density at radius 1 is 0.983 bits per heavy atom. The van der Waals surface area contributed by atoms with Gasteiger partial charge >= 0.3 is 5.97 Å². The SMILES string of the molecule is Cc1c(/C=C(\F)c2cc3c(cn2)CN(CCC24CCC(C(=O)O)(CC2)C4)CC3)cccc1-c1cccc(Nc2nccc3cc(CNC[C@@H]4CCC(=O)N4)cnc23)c1C. The Labute approximate surface area is 344 Å². The van der Waals surface area contributed by atoms with E-state index in [1.165, 1.54) is 0 Å². The zero-order valence-corrected chi connectivity index (χ0v) is 33.9. The predicted molar refractivity (Wildman–Crippen MR) is 229 cm³/mol. The van der Waals surface area contributed by atoms with Crippen LogP contribution in [0.2, 0.25) is 0 Å². The maximum atomic E-state index is 16.0. The Balaban J connectivity index is 0.866. The van der Waals surface area contributed by atoms with Gasteiger partial charge in [0.25, 0.3) is 0 Å². The van der Waals surface area contributed by atoms with E-state index >= 15 is 4.39 Å². The number of carbonyl (C=O) groups excluding carboxylic acids is 1. The molecule has 2 bridgehead atoms. The number of pyridine rings is 3. The molecule has 5 aromatic rings. The molecule has 4 aliphatic rings. The van der Waals surface area contributed by atoms with E-state index in [0.29, 0.717) is 24.5 Å². The van der Waals surface area contributed by atoms with Gasteiger partial charge in [-0.05, 0) is 152 Å². The molecule has 5 heterocycles. The quantitative estimate of drug-likeness (QED) is 0.0925. The van der Waals surface area contributed by atoms with Crippen molar-refractivity contribution >= 4 is 46.2 Å². The molecule has 1 saturated heterocycles. The van der Waals surface area contributed by atoms with Gasteiger partial charge in [0, 0.05) is 68.3 Å². The molecule has 0 unspecified atom stereocenters. The average Bonchev–Trinajstić information content (AvgIpc) is 3.96. The van der Waals surface area contributed by atoms with Crippen LogP contribution in [0.4, 0.5) is 15.9 Å². The van der Waals surface area contributed by atoms with Crippen molar-refractivity contribution in [2.24, 2.45) is 10.8 Å². The number of carbonyl (C=O) groups is 2. The van der Waals surface area contributed by atoms with Gasteiger partial charge in [0.2, 0.25) is 5.91 Å². The molecule has 2 saturated carbocycles. The van der Waals surface area contributed by atoms with Gasteiger partial charge in [0.15, 0.2) is 5.82 Å². The molecule has 2 aliphatic carbocycles. The second-order valence-corrected chi connectivity index (χ2v) is 17.5. The van der Waals surface area contributed by atoms with E-state index < -0.39 is 11.4 Å². The van der Waals surface area contributed by atoms with E-state index in [4.69, 9.17) is 4.98 Å². The highest BCUT2D eigenvalue weighted by molar-refractivity contribution is 5.91. The summed E-state index contributed by atoms with van der Waals surface area (Å²) in [4.78, 5) is 40.0. The van der Waals surface area contributed by atoms with Crippen LogP contribution in [0.1, 0.15) is 90.4 Å². The fourth-order valence-electron chi connectivity index (χ4n) is 10.2. The normalized spacial score (nSPS) is 22.8. The number of amides is 1. The van der Waals surface area contributed by atoms with Crippen molar-refractivity contribution in [1.82, 2.24) is 30.5 Å². The molecular weight excluding hydrogens is 742 g/mol. The first-order chi connectivity index (χ1) is 28.6. The summed E-state index contributed by atoms with van der Waals surface area (Å²) in [5.74, 6) is -0.175. The lowest BCUT2D eigenvalue weighted by Gasteiger charge is -2.33. The number of aromatic nitrogens is 3. The summed E-state index contributed by atoms with van der Waals surface area (Å²) >= 11 is 0. The van der Waals surface area contributed by atoms with Crippen LogP contribution >= 0.6 is 0 Å². The number of nitrogens with zero attached hydrogens (tertiary/aromatic N) is 4. The van der Waals surface area contributed by atoms with Gasteiger partial charge in [0.05, 0.1) is 11.1 Å². The zero-order chi connectivity index (χ0) is 40.7. The Morgan fingerprint density at radius 2 is 1.80 bits per heavy atom. The first-order valence-electron chi connectivity index (χ1n) is 21.1. The van der Waals surface area contributed by atoms with Gasteiger partial charge in [-0.15, -0.1) is 0 Å². The molecular formula is C48H52FN7O3. The van der Waals surface area contributed by atoms with Gasteiger partial charge in [-0.25, -0.2) is 9.37 Å². The summed E-state index contributed by atoms with van der Waals surface area (Å²) < 4.78 is 16.0. The molecule has 304 valence electrons. The molecule has 59 heavy (non-hydrogen) atoms. The molecule has 11 heteroatoms. The van der Waals surface area contributed by atoms with Crippen molar-refractivity contribution < 1.29 is 19.1 Å². The number of halogens is 1. The molecule has 2 aromatic carbocycles. The second-order valence-electron chi connectivity index (χ2n) is 17.5. The Kier molecular flexibility index (Phi) is 10.5. The monoisotopic (exact) mass is 793 g/mol. The van der Waals surface area contributed by atoms with E-state index in [-0.39, 0.29) is 23.2 Å². The smallest absolute Gasteiger partial charge is 0.309 e. The first-order valence-corrected chi connectivity index (χ1v) is 21.1. The van der Waals surface area contributed by atoms with Crippen LogP contribution in [0.5, 0.6) is 0 Å². The number of nitrogens with one attached hydrogen (secondary N) is 3. The number of hydrogen-bond acceptors (Lipinski definition) is 8. The second kappa shape index (κ2) is 15.9. The third-order valence-electron chi connectivity index (χ3n) is 13.8.